The van der Waals surface area contributed by atoms with Crippen LogP contribution in [0.5, 0.6) is 0 Å². The Morgan fingerprint density at radius 3 is 2.93 bits per heavy atom. The highest BCUT2D eigenvalue weighted by Crippen LogP contribution is 1.97. The summed E-state index contributed by atoms with van der Waals surface area (Å²) in [6.07, 6.45) is 5.84. The second kappa shape index (κ2) is 4.79. The topological polar surface area (TPSA) is 34.8 Å². The largest absolute Gasteiger partial charge is 0.353 e. The molecular weight excluding hydrogens is 188 g/mol. The van der Waals surface area contributed by atoms with Crippen molar-refractivity contribution in [3.63, 3.8) is 0 Å². The van der Waals surface area contributed by atoms with Crippen molar-refractivity contribution in [3.05, 3.63) is 42.5 Å². The highest BCUT2D eigenvalue weighted by molar-refractivity contribution is 5.05. The lowest BCUT2D eigenvalue weighted by Crippen LogP contribution is -2.20. The van der Waals surface area contributed by atoms with Crippen molar-refractivity contribution >= 4 is 0 Å². The van der Waals surface area contributed by atoms with Gasteiger partial charge in [0.2, 0.25) is 0 Å². The molecule has 4 nitrogen and oxygen atoms in total. The summed E-state index contributed by atoms with van der Waals surface area (Å²) in [7, 11) is 2.06. The van der Waals surface area contributed by atoms with E-state index in [1.54, 1.807) is 6.20 Å². The van der Waals surface area contributed by atoms with Crippen LogP contribution in [0.25, 0.3) is 0 Å². The number of aromatic nitrogens is 3. The molecule has 0 saturated heterocycles. The zero-order chi connectivity index (χ0) is 10.5. The van der Waals surface area contributed by atoms with Gasteiger partial charge in [0.1, 0.15) is 0 Å². The van der Waals surface area contributed by atoms with Gasteiger partial charge in [-0.05, 0) is 18.2 Å². The van der Waals surface area contributed by atoms with E-state index in [0.29, 0.717) is 0 Å². The third kappa shape index (κ3) is 2.70. The van der Waals surface area contributed by atoms with Gasteiger partial charge in [0, 0.05) is 44.4 Å². The minimum absolute atomic E-state index is 0.908. The fourth-order valence-electron chi connectivity index (χ4n) is 1.52. The van der Waals surface area contributed by atoms with Crippen LogP contribution < -0.4 is 5.32 Å². The van der Waals surface area contributed by atoms with Crippen LogP contribution in [-0.2, 0) is 20.1 Å². The van der Waals surface area contributed by atoms with Gasteiger partial charge in [0.15, 0.2) is 0 Å². The van der Waals surface area contributed by atoms with Gasteiger partial charge in [-0.1, -0.05) is 0 Å². The number of nitrogens with zero attached hydrogens (tertiary/aromatic N) is 3. The highest BCUT2D eigenvalue weighted by atomic mass is 15.3. The van der Waals surface area contributed by atoms with Crippen LogP contribution >= 0.6 is 0 Å². The molecule has 4 heteroatoms. The van der Waals surface area contributed by atoms with Crippen molar-refractivity contribution < 1.29 is 0 Å². The van der Waals surface area contributed by atoms with Crippen molar-refractivity contribution in [1.29, 1.82) is 0 Å². The fourth-order valence-corrected chi connectivity index (χ4v) is 1.52. The lowest BCUT2D eigenvalue weighted by molar-refractivity contribution is 0.547. The van der Waals surface area contributed by atoms with Crippen molar-refractivity contribution in [2.75, 3.05) is 6.54 Å². The van der Waals surface area contributed by atoms with Gasteiger partial charge in [-0.2, -0.15) is 5.10 Å². The standard InChI is InChI=1S/C11H16N4/c1-14-7-2-4-11(14)10-12-6-9-15-8-3-5-13-15/h2-5,7-8,12H,6,9-10H2,1H3. The second-order valence-corrected chi connectivity index (χ2v) is 3.56. The van der Waals surface area contributed by atoms with Crippen molar-refractivity contribution in [3.8, 4) is 0 Å². The van der Waals surface area contributed by atoms with Gasteiger partial charge in [-0.3, -0.25) is 4.68 Å². The summed E-state index contributed by atoms with van der Waals surface area (Å²) in [5.41, 5.74) is 1.30. The van der Waals surface area contributed by atoms with Gasteiger partial charge in [0.25, 0.3) is 0 Å². The Morgan fingerprint density at radius 1 is 1.33 bits per heavy atom. The summed E-state index contributed by atoms with van der Waals surface area (Å²) >= 11 is 0. The van der Waals surface area contributed by atoms with Crippen molar-refractivity contribution in [1.82, 2.24) is 19.7 Å². The summed E-state index contributed by atoms with van der Waals surface area (Å²) < 4.78 is 4.05. The van der Waals surface area contributed by atoms with Crippen LogP contribution in [0.4, 0.5) is 0 Å². The number of hydrogen-bond acceptors (Lipinski definition) is 2. The number of rotatable bonds is 5. The molecule has 0 amide bonds. The molecule has 2 heterocycles. The maximum Gasteiger partial charge on any atom is 0.0534 e. The molecule has 0 spiro atoms. The summed E-state index contributed by atoms with van der Waals surface area (Å²) in [5, 5.41) is 7.53. The highest BCUT2D eigenvalue weighted by Gasteiger charge is 1.95. The van der Waals surface area contributed by atoms with E-state index in [4.69, 9.17) is 0 Å². The maximum atomic E-state index is 4.14. The predicted molar refractivity (Wildman–Crippen MR) is 59.3 cm³/mol. The maximum absolute atomic E-state index is 4.14. The molecule has 2 aromatic rings. The molecule has 2 aromatic heterocycles. The predicted octanol–water partition coefficient (Wildman–Crippen LogP) is 1.01. The first-order valence-electron chi connectivity index (χ1n) is 5.14. The zero-order valence-corrected chi connectivity index (χ0v) is 8.93. The zero-order valence-electron chi connectivity index (χ0n) is 8.93. The quantitative estimate of drug-likeness (QED) is 0.738. The summed E-state index contributed by atoms with van der Waals surface area (Å²) in [6.45, 7) is 2.76. The van der Waals surface area contributed by atoms with E-state index in [9.17, 15) is 0 Å². The molecule has 15 heavy (non-hydrogen) atoms. The van der Waals surface area contributed by atoms with Gasteiger partial charge < -0.3 is 9.88 Å². The van der Waals surface area contributed by atoms with E-state index < -0.39 is 0 Å². The number of hydrogen-bond donors (Lipinski definition) is 1. The Bertz CT molecular complexity index is 388. The molecule has 0 aliphatic carbocycles. The van der Waals surface area contributed by atoms with Crippen LogP contribution in [0.2, 0.25) is 0 Å². The normalized spacial score (nSPS) is 10.7. The third-order valence-corrected chi connectivity index (χ3v) is 2.43. The number of aryl methyl sites for hydroxylation is 1. The molecule has 80 valence electrons. The van der Waals surface area contributed by atoms with Crippen LogP contribution in [0.15, 0.2) is 36.8 Å². The molecule has 0 aliphatic heterocycles. The van der Waals surface area contributed by atoms with E-state index in [1.807, 2.05) is 16.9 Å². The first kappa shape index (κ1) is 9.98. The first-order chi connectivity index (χ1) is 7.36. The average Bonchev–Trinajstić information content (AvgIpc) is 2.85. The third-order valence-electron chi connectivity index (χ3n) is 2.43. The van der Waals surface area contributed by atoms with Crippen LogP contribution in [0, 0.1) is 0 Å². The number of nitrogens with one attached hydrogen (secondary N) is 1. The molecule has 0 aromatic carbocycles. The molecule has 0 radical (unpaired) electrons. The lowest BCUT2D eigenvalue weighted by atomic mass is 10.4. The van der Waals surface area contributed by atoms with Crippen LogP contribution in [-0.4, -0.2) is 20.9 Å². The molecular formula is C11H16N4. The second-order valence-electron chi connectivity index (χ2n) is 3.56. The lowest BCUT2D eigenvalue weighted by Gasteiger charge is -2.06. The molecule has 0 saturated carbocycles. The molecule has 0 atom stereocenters. The Labute approximate surface area is 89.5 Å². The van der Waals surface area contributed by atoms with E-state index in [-0.39, 0.29) is 0 Å². The molecule has 0 bridgehead atoms. The minimum Gasteiger partial charge on any atom is -0.353 e. The first-order valence-corrected chi connectivity index (χ1v) is 5.14. The van der Waals surface area contributed by atoms with E-state index in [0.717, 1.165) is 19.6 Å². The summed E-state index contributed by atoms with van der Waals surface area (Å²) in [6, 6.07) is 6.13. The van der Waals surface area contributed by atoms with Gasteiger partial charge in [0.05, 0.1) is 6.54 Å². The molecule has 2 rings (SSSR count). The van der Waals surface area contributed by atoms with Crippen molar-refractivity contribution in [2.24, 2.45) is 7.05 Å². The Balaban J connectivity index is 1.70. The SMILES string of the molecule is Cn1cccc1CNCCn1cccn1. The molecule has 0 aliphatic rings. The van der Waals surface area contributed by atoms with Crippen LogP contribution in [0.1, 0.15) is 5.69 Å². The monoisotopic (exact) mass is 204 g/mol. The summed E-state index contributed by atoms with van der Waals surface area (Å²) in [5.74, 6) is 0. The van der Waals surface area contributed by atoms with E-state index in [2.05, 4.69) is 40.4 Å². The van der Waals surface area contributed by atoms with Crippen LogP contribution in [0.3, 0.4) is 0 Å². The van der Waals surface area contributed by atoms with Crippen molar-refractivity contribution in [2.45, 2.75) is 13.1 Å². The Morgan fingerprint density at radius 2 is 2.27 bits per heavy atom. The Kier molecular flexibility index (Phi) is 3.19. The molecule has 1 N–H and O–H groups in total. The smallest absolute Gasteiger partial charge is 0.0534 e. The Hall–Kier alpha value is -1.55. The summed E-state index contributed by atoms with van der Waals surface area (Å²) in [4.78, 5) is 0. The van der Waals surface area contributed by atoms with Gasteiger partial charge in [-0.25, -0.2) is 0 Å². The van der Waals surface area contributed by atoms with E-state index in [1.165, 1.54) is 5.69 Å². The van der Waals surface area contributed by atoms with Gasteiger partial charge in [-0.15, -0.1) is 0 Å². The van der Waals surface area contributed by atoms with E-state index >= 15 is 0 Å². The average molecular weight is 204 g/mol. The van der Waals surface area contributed by atoms with Gasteiger partial charge >= 0.3 is 0 Å². The minimum atomic E-state index is 0.908. The molecule has 0 unspecified atom stereocenters. The molecule has 0 fully saturated rings. The fraction of sp³-hybridized carbons (Fsp3) is 0.364.